The maximum atomic E-state index is 11.1. The molecule has 0 spiro atoms. The van der Waals surface area contributed by atoms with Crippen LogP contribution >= 0.6 is 0 Å². The molecule has 0 aromatic carbocycles. The van der Waals surface area contributed by atoms with E-state index in [0.717, 1.165) is 87.2 Å². The van der Waals surface area contributed by atoms with E-state index in [9.17, 15) is 10.2 Å². The predicted octanol–water partition coefficient (Wildman–Crippen LogP) is 6.99. The lowest BCUT2D eigenvalue weighted by atomic mass is 9.43. The van der Waals surface area contributed by atoms with Crippen molar-refractivity contribution < 1.29 is 14.9 Å². The molecule has 0 amide bonds. The Labute approximate surface area is 209 Å². The molecule has 0 bridgehead atoms. The molecule has 3 heteroatoms. The van der Waals surface area contributed by atoms with Crippen LogP contribution in [0.4, 0.5) is 0 Å². The van der Waals surface area contributed by atoms with Gasteiger partial charge in [-0.3, -0.25) is 0 Å². The van der Waals surface area contributed by atoms with Crippen LogP contribution in [0.3, 0.4) is 0 Å². The fraction of sp³-hybridized carbons (Fsp3) is 1.00. The van der Waals surface area contributed by atoms with E-state index in [1.54, 1.807) is 0 Å². The summed E-state index contributed by atoms with van der Waals surface area (Å²) >= 11 is 0. The molecule has 0 aromatic rings. The van der Waals surface area contributed by atoms with Gasteiger partial charge in [-0.2, -0.15) is 0 Å². The zero-order chi connectivity index (χ0) is 24.1. The van der Waals surface area contributed by atoms with Crippen molar-refractivity contribution in [2.75, 3.05) is 13.2 Å². The van der Waals surface area contributed by atoms with Gasteiger partial charge in [0, 0.05) is 13.2 Å². The first kappa shape index (κ1) is 25.5. The topological polar surface area (TPSA) is 49.7 Å². The summed E-state index contributed by atoms with van der Waals surface area (Å²) < 4.78 is 5.50. The third-order valence-electron chi connectivity index (χ3n) is 13.0. The van der Waals surface area contributed by atoms with E-state index in [1.165, 1.54) is 51.4 Å². The quantitative estimate of drug-likeness (QED) is 0.436. The van der Waals surface area contributed by atoms with Crippen LogP contribution in [0.15, 0.2) is 0 Å². The molecule has 0 radical (unpaired) electrons. The van der Waals surface area contributed by atoms with Crippen LogP contribution in [0.2, 0.25) is 0 Å². The monoisotopic (exact) mass is 474 g/mol. The van der Waals surface area contributed by atoms with Crippen LogP contribution in [0.25, 0.3) is 0 Å². The molecule has 2 N–H and O–H groups in total. The van der Waals surface area contributed by atoms with Crippen LogP contribution in [0, 0.1) is 52.3 Å². The Kier molecular flexibility index (Phi) is 7.24. The summed E-state index contributed by atoms with van der Waals surface area (Å²) in [4.78, 5) is 0. The third kappa shape index (κ3) is 4.32. The first-order chi connectivity index (χ1) is 16.2. The van der Waals surface area contributed by atoms with E-state index >= 15 is 0 Å². The summed E-state index contributed by atoms with van der Waals surface area (Å²) in [5.41, 5.74) is 0.582. The van der Waals surface area contributed by atoms with Crippen molar-refractivity contribution in [1.29, 1.82) is 0 Å². The lowest BCUT2D eigenvalue weighted by Gasteiger charge is -2.62. The van der Waals surface area contributed by atoms with Crippen molar-refractivity contribution in [3.8, 4) is 0 Å². The number of hydrogen-bond acceptors (Lipinski definition) is 3. The number of fused-ring (bicyclic) bond motifs is 5. The second-order valence-corrected chi connectivity index (χ2v) is 14.2. The average molecular weight is 475 g/mol. The van der Waals surface area contributed by atoms with E-state index in [2.05, 4.69) is 27.7 Å². The van der Waals surface area contributed by atoms with Gasteiger partial charge in [-0.25, -0.2) is 0 Å². The molecular formula is C31H54O3. The Morgan fingerprint density at radius 2 is 1.59 bits per heavy atom. The van der Waals surface area contributed by atoms with Gasteiger partial charge in [0.15, 0.2) is 0 Å². The van der Waals surface area contributed by atoms with Gasteiger partial charge in [0.05, 0.1) is 11.7 Å². The van der Waals surface area contributed by atoms with Gasteiger partial charge in [-0.1, -0.05) is 27.7 Å². The molecule has 34 heavy (non-hydrogen) atoms. The zero-order valence-electron chi connectivity index (χ0n) is 22.7. The van der Waals surface area contributed by atoms with Crippen molar-refractivity contribution in [1.82, 2.24) is 0 Å². The summed E-state index contributed by atoms with van der Waals surface area (Å²) in [6, 6.07) is 0. The molecule has 10 atom stereocenters. The second-order valence-electron chi connectivity index (χ2n) is 14.2. The molecule has 1 aliphatic heterocycles. The van der Waals surface area contributed by atoms with Crippen molar-refractivity contribution in [3.63, 3.8) is 0 Å². The van der Waals surface area contributed by atoms with Gasteiger partial charge in [0.2, 0.25) is 0 Å². The normalized spacial score (nSPS) is 49.1. The number of hydrogen-bond donors (Lipinski definition) is 2. The Morgan fingerprint density at radius 1 is 0.853 bits per heavy atom. The van der Waals surface area contributed by atoms with E-state index in [1.807, 2.05) is 0 Å². The minimum absolute atomic E-state index is 0.129. The highest BCUT2D eigenvalue weighted by atomic mass is 16.5. The van der Waals surface area contributed by atoms with E-state index < -0.39 is 0 Å². The number of aliphatic hydroxyl groups excluding tert-OH is 1. The Morgan fingerprint density at radius 3 is 2.32 bits per heavy atom. The summed E-state index contributed by atoms with van der Waals surface area (Å²) in [6.45, 7) is 11.6. The Hall–Kier alpha value is -0.120. The van der Waals surface area contributed by atoms with Crippen molar-refractivity contribution in [3.05, 3.63) is 0 Å². The molecule has 4 saturated carbocycles. The van der Waals surface area contributed by atoms with Crippen molar-refractivity contribution in [2.24, 2.45) is 52.3 Å². The second kappa shape index (κ2) is 9.64. The highest BCUT2D eigenvalue weighted by Crippen LogP contribution is 2.69. The summed E-state index contributed by atoms with van der Waals surface area (Å²) in [5.74, 6) is 5.46. The minimum Gasteiger partial charge on any atom is -0.393 e. The molecule has 5 aliphatic rings. The molecule has 1 heterocycles. The van der Waals surface area contributed by atoms with Gasteiger partial charge in [0.1, 0.15) is 0 Å². The molecule has 3 nitrogen and oxygen atoms in total. The lowest BCUT2D eigenvalue weighted by molar-refractivity contribution is -0.152. The Balaban J connectivity index is 1.23. The fourth-order valence-corrected chi connectivity index (χ4v) is 10.6. The average Bonchev–Trinajstić information content (AvgIpc) is 3.20. The maximum absolute atomic E-state index is 11.1. The molecule has 0 unspecified atom stereocenters. The SMILES string of the molecule is CC[C@]1(O)CC[C@@]2(C)[C@H](CC[C@@H]3[C@@H]2CC[C@]2(C)[C@@H]([C@H](C)CC[C@H](O)C4CCOCC4)CC[C@@H]32)C1. The predicted molar refractivity (Wildman–Crippen MR) is 138 cm³/mol. The number of rotatable bonds is 6. The summed E-state index contributed by atoms with van der Waals surface area (Å²) in [7, 11) is 0. The first-order valence-corrected chi connectivity index (χ1v) is 15.2. The van der Waals surface area contributed by atoms with Gasteiger partial charge in [0.25, 0.3) is 0 Å². The van der Waals surface area contributed by atoms with Gasteiger partial charge >= 0.3 is 0 Å². The van der Waals surface area contributed by atoms with Crippen LogP contribution in [-0.4, -0.2) is 35.1 Å². The lowest BCUT2D eigenvalue weighted by Crippen LogP contribution is -2.56. The smallest absolute Gasteiger partial charge is 0.0648 e. The Bertz CT molecular complexity index is 703. The zero-order valence-corrected chi connectivity index (χ0v) is 22.7. The van der Waals surface area contributed by atoms with Crippen LogP contribution < -0.4 is 0 Å². The highest BCUT2D eigenvalue weighted by Gasteiger charge is 2.61. The first-order valence-electron chi connectivity index (χ1n) is 15.2. The fourth-order valence-electron chi connectivity index (χ4n) is 10.6. The van der Waals surface area contributed by atoms with E-state index in [-0.39, 0.29) is 11.7 Å². The van der Waals surface area contributed by atoms with Crippen LogP contribution in [-0.2, 0) is 4.74 Å². The van der Waals surface area contributed by atoms with Crippen molar-refractivity contribution >= 4 is 0 Å². The van der Waals surface area contributed by atoms with Crippen LogP contribution in [0.1, 0.15) is 118 Å². The van der Waals surface area contributed by atoms with Crippen LogP contribution in [0.5, 0.6) is 0 Å². The van der Waals surface area contributed by atoms with E-state index in [4.69, 9.17) is 4.74 Å². The third-order valence-corrected chi connectivity index (χ3v) is 13.0. The maximum Gasteiger partial charge on any atom is 0.0648 e. The molecule has 0 aromatic heterocycles. The molecular weight excluding hydrogens is 420 g/mol. The molecule has 5 rings (SSSR count). The highest BCUT2D eigenvalue weighted by molar-refractivity contribution is 5.10. The van der Waals surface area contributed by atoms with Gasteiger partial charge in [-0.15, -0.1) is 0 Å². The summed E-state index contributed by atoms with van der Waals surface area (Å²) in [5, 5.41) is 21.9. The number of aliphatic hydroxyl groups is 2. The van der Waals surface area contributed by atoms with Gasteiger partial charge in [-0.05, 0) is 142 Å². The standard InChI is InChI=1S/C31H54O3/c1-5-31(33)17-16-29(3)23(20-31)7-8-24-26-10-9-25(30(26,4)15-12-27(24)29)21(2)6-11-28(32)22-13-18-34-19-14-22/h21-28,32-33H,5-20H2,1-4H3/t21-,23-,24+,25-,26+,27+,28+,29+,30-,31+/m1/s1. The molecule has 5 fully saturated rings. The number of ether oxygens (including phenoxy) is 1. The molecule has 196 valence electrons. The van der Waals surface area contributed by atoms with Gasteiger partial charge < -0.3 is 14.9 Å². The molecule has 1 saturated heterocycles. The molecule has 4 aliphatic carbocycles. The minimum atomic E-state index is -0.386. The largest absolute Gasteiger partial charge is 0.393 e. The summed E-state index contributed by atoms with van der Waals surface area (Å²) in [6.07, 6.45) is 16.8. The van der Waals surface area contributed by atoms with Crippen molar-refractivity contribution in [2.45, 2.75) is 129 Å². The van der Waals surface area contributed by atoms with E-state index in [0.29, 0.717) is 16.7 Å².